The lowest BCUT2D eigenvalue weighted by atomic mass is 9.74. The summed E-state index contributed by atoms with van der Waals surface area (Å²) in [6, 6.07) is 10.3. The number of hydrogen-bond donors (Lipinski definition) is 3. The molecule has 1 aliphatic carbocycles. The second kappa shape index (κ2) is 7.14. The molecule has 0 spiro atoms. The minimum absolute atomic E-state index is 0.0780. The lowest BCUT2D eigenvalue weighted by molar-refractivity contribution is -0.201. The standard InChI is InChI=1S/C19H26N2O4/c20-17(22)16-12-19(24,25)9-6-15(16)18(23)21-10-7-14(8-11-21)13-4-2-1-3-5-13/h1-5,14-16,24-25H,6-12H2,(H2,20,22). The summed E-state index contributed by atoms with van der Waals surface area (Å²) in [7, 11) is 0. The van der Waals surface area contributed by atoms with E-state index in [0.717, 1.165) is 12.8 Å². The highest BCUT2D eigenvalue weighted by Crippen LogP contribution is 2.37. The van der Waals surface area contributed by atoms with Crippen molar-refractivity contribution in [3.8, 4) is 0 Å². The van der Waals surface area contributed by atoms with E-state index < -0.39 is 23.5 Å². The van der Waals surface area contributed by atoms with Gasteiger partial charge >= 0.3 is 0 Å². The van der Waals surface area contributed by atoms with E-state index in [1.807, 2.05) is 23.1 Å². The maximum absolute atomic E-state index is 12.9. The Morgan fingerprint density at radius 3 is 2.28 bits per heavy atom. The normalized spacial score (nSPS) is 27.0. The molecule has 2 atom stereocenters. The molecule has 2 unspecified atom stereocenters. The van der Waals surface area contributed by atoms with Gasteiger partial charge in [0.1, 0.15) is 0 Å². The molecule has 0 radical (unpaired) electrons. The van der Waals surface area contributed by atoms with Crippen LogP contribution in [0.5, 0.6) is 0 Å². The monoisotopic (exact) mass is 346 g/mol. The van der Waals surface area contributed by atoms with Crippen LogP contribution in [0.4, 0.5) is 0 Å². The Morgan fingerprint density at radius 1 is 1.04 bits per heavy atom. The predicted molar refractivity (Wildman–Crippen MR) is 92.2 cm³/mol. The first kappa shape index (κ1) is 17.9. The molecule has 1 aromatic rings. The number of hydrogen-bond acceptors (Lipinski definition) is 4. The average molecular weight is 346 g/mol. The van der Waals surface area contributed by atoms with Gasteiger partial charge < -0.3 is 20.8 Å². The highest BCUT2D eigenvalue weighted by molar-refractivity contribution is 5.87. The zero-order valence-electron chi connectivity index (χ0n) is 14.3. The van der Waals surface area contributed by atoms with Crippen molar-refractivity contribution in [3.05, 3.63) is 35.9 Å². The maximum Gasteiger partial charge on any atom is 0.226 e. The Kier molecular flexibility index (Phi) is 5.11. The summed E-state index contributed by atoms with van der Waals surface area (Å²) in [5, 5.41) is 19.6. The Balaban J connectivity index is 1.63. The van der Waals surface area contributed by atoms with Gasteiger partial charge in [-0.05, 0) is 30.7 Å². The second-order valence-electron chi connectivity index (χ2n) is 7.35. The fraction of sp³-hybridized carbons (Fsp3) is 0.579. The van der Waals surface area contributed by atoms with Crippen molar-refractivity contribution in [1.82, 2.24) is 4.90 Å². The van der Waals surface area contributed by atoms with Gasteiger partial charge in [-0.1, -0.05) is 30.3 Å². The van der Waals surface area contributed by atoms with Gasteiger partial charge in [-0.2, -0.15) is 0 Å². The molecule has 2 amide bonds. The molecule has 0 bridgehead atoms. The van der Waals surface area contributed by atoms with Gasteiger partial charge in [0.15, 0.2) is 5.79 Å². The first-order valence-electron chi connectivity index (χ1n) is 8.95. The molecule has 25 heavy (non-hydrogen) atoms. The number of carbonyl (C=O) groups is 2. The van der Waals surface area contributed by atoms with E-state index in [-0.39, 0.29) is 25.2 Å². The molecule has 6 heteroatoms. The zero-order valence-corrected chi connectivity index (χ0v) is 14.3. The van der Waals surface area contributed by atoms with E-state index in [1.165, 1.54) is 5.56 Å². The molecular formula is C19H26N2O4. The van der Waals surface area contributed by atoms with Gasteiger partial charge in [0.2, 0.25) is 11.8 Å². The molecule has 1 aromatic carbocycles. The topological polar surface area (TPSA) is 104 Å². The minimum Gasteiger partial charge on any atom is -0.369 e. The summed E-state index contributed by atoms with van der Waals surface area (Å²) in [4.78, 5) is 26.4. The zero-order chi connectivity index (χ0) is 18.0. The Labute approximate surface area is 147 Å². The minimum atomic E-state index is -1.91. The van der Waals surface area contributed by atoms with Crippen LogP contribution in [-0.2, 0) is 9.59 Å². The smallest absolute Gasteiger partial charge is 0.226 e. The van der Waals surface area contributed by atoms with Crippen molar-refractivity contribution in [1.29, 1.82) is 0 Å². The molecule has 2 aliphatic rings. The van der Waals surface area contributed by atoms with Gasteiger partial charge in [-0.15, -0.1) is 0 Å². The summed E-state index contributed by atoms with van der Waals surface area (Å²) in [5.74, 6) is -3.53. The second-order valence-corrected chi connectivity index (χ2v) is 7.35. The molecule has 2 fully saturated rings. The van der Waals surface area contributed by atoms with Crippen LogP contribution in [0.15, 0.2) is 30.3 Å². The predicted octanol–water partition coefficient (Wildman–Crippen LogP) is 0.975. The first-order chi connectivity index (χ1) is 11.9. The molecule has 136 valence electrons. The number of aliphatic hydroxyl groups is 2. The van der Waals surface area contributed by atoms with Gasteiger partial charge in [-0.3, -0.25) is 9.59 Å². The molecule has 4 N–H and O–H groups in total. The summed E-state index contributed by atoms with van der Waals surface area (Å²) in [6.07, 6.45) is 1.99. The number of primary amides is 1. The Bertz CT molecular complexity index is 624. The summed E-state index contributed by atoms with van der Waals surface area (Å²) >= 11 is 0. The van der Waals surface area contributed by atoms with Gasteiger partial charge in [-0.25, -0.2) is 0 Å². The van der Waals surface area contributed by atoms with Crippen LogP contribution >= 0.6 is 0 Å². The first-order valence-corrected chi connectivity index (χ1v) is 8.95. The molecule has 3 rings (SSSR count). The van der Waals surface area contributed by atoms with E-state index in [9.17, 15) is 19.8 Å². The van der Waals surface area contributed by atoms with Crippen molar-refractivity contribution < 1.29 is 19.8 Å². The number of amides is 2. The average Bonchev–Trinajstić information content (AvgIpc) is 2.61. The maximum atomic E-state index is 12.9. The number of rotatable bonds is 3. The summed E-state index contributed by atoms with van der Waals surface area (Å²) in [5.41, 5.74) is 6.71. The van der Waals surface area contributed by atoms with Crippen molar-refractivity contribution >= 4 is 11.8 Å². The molecule has 1 saturated carbocycles. The fourth-order valence-electron chi connectivity index (χ4n) is 4.17. The van der Waals surface area contributed by atoms with Crippen LogP contribution in [-0.4, -0.2) is 45.8 Å². The molecule has 1 aliphatic heterocycles. The number of carbonyl (C=O) groups excluding carboxylic acids is 2. The van der Waals surface area contributed by atoms with Crippen LogP contribution in [0.2, 0.25) is 0 Å². The quantitative estimate of drug-likeness (QED) is 0.710. The molecule has 1 saturated heterocycles. The van der Waals surface area contributed by atoms with E-state index in [0.29, 0.717) is 19.0 Å². The molecular weight excluding hydrogens is 320 g/mol. The SMILES string of the molecule is NC(=O)C1CC(O)(O)CCC1C(=O)N1CCC(c2ccccc2)CC1. The Hall–Kier alpha value is -1.92. The van der Waals surface area contributed by atoms with E-state index in [1.54, 1.807) is 0 Å². The van der Waals surface area contributed by atoms with Gasteiger partial charge in [0.05, 0.1) is 11.8 Å². The molecule has 0 aromatic heterocycles. The number of piperidine rings is 1. The highest BCUT2D eigenvalue weighted by Gasteiger charge is 2.45. The fourth-order valence-corrected chi connectivity index (χ4v) is 4.17. The third-order valence-electron chi connectivity index (χ3n) is 5.65. The van der Waals surface area contributed by atoms with Gasteiger partial charge in [0.25, 0.3) is 0 Å². The Morgan fingerprint density at radius 2 is 1.68 bits per heavy atom. The highest BCUT2D eigenvalue weighted by atomic mass is 16.5. The number of benzene rings is 1. The van der Waals surface area contributed by atoms with Crippen LogP contribution in [0.1, 0.15) is 43.6 Å². The summed E-state index contributed by atoms with van der Waals surface area (Å²) < 4.78 is 0. The lowest BCUT2D eigenvalue weighted by Crippen LogP contribution is -2.51. The molecule has 6 nitrogen and oxygen atoms in total. The number of nitrogens with two attached hydrogens (primary N) is 1. The van der Waals surface area contributed by atoms with Crippen LogP contribution < -0.4 is 5.73 Å². The number of nitrogens with zero attached hydrogens (tertiary/aromatic N) is 1. The lowest BCUT2D eigenvalue weighted by Gasteiger charge is -2.40. The number of likely N-dealkylation sites (tertiary alicyclic amines) is 1. The van der Waals surface area contributed by atoms with Crippen LogP contribution in [0.3, 0.4) is 0 Å². The van der Waals surface area contributed by atoms with Crippen molar-refractivity contribution in [2.75, 3.05) is 13.1 Å². The van der Waals surface area contributed by atoms with Crippen molar-refractivity contribution in [2.24, 2.45) is 17.6 Å². The van der Waals surface area contributed by atoms with Crippen molar-refractivity contribution in [2.45, 2.75) is 43.8 Å². The van der Waals surface area contributed by atoms with E-state index >= 15 is 0 Å². The third kappa shape index (κ3) is 4.02. The van der Waals surface area contributed by atoms with E-state index in [4.69, 9.17) is 5.73 Å². The van der Waals surface area contributed by atoms with Crippen molar-refractivity contribution in [3.63, 3.8) is 0 Å². The van der Waals surface area contributed by atoms with E-state index in [2.05, 4.69) is 12.1 Å². The van der Waals surface area contributed by atoms with Crippen LogP contribution in [0.25, 0.3) is 0 Å². The largest absolute Gasteiger partial charge is 0.369 e. The third-order valence-corrected chi connectivity index (χ3v) is 5.65. The van der Waals surface area contributed by atoms with Gasteiger partial charge in [0, 0.05) is 25.9 Å². The molecule has 1 heterocycles. The summed E-state index contributed by atoms with van der Waals surface area (Å²) in [6.45, 7) is 1.31. The van der Waals surface area contributed by atoms with Crippen LogP contribution in [0, 0.1) is 11.8 Å².